The Bertz CT molecular complexity index is 646. The summed E-state index contributed by atoms with van der Waals surface area (Å²) < 4.78 is 19.8. The third-order valence-corrected chi connectivity index (χ3v) is 6.23. The number of ether oxygens (including phenoxy) is 1. The molecule has 1 aromatic carbocycles. The molecule has 0 bridgehead atoms. The molecule has 4 nitrogen and oxygen atoms in total. The van der Waals surface area contributed by atoms with Crippen LogP contribution in [0.25, 0.3) is 11.3 Å². The van der Waals surface area contributed by atoms with Gasteiger partial charge in [-0.1, -0.05) is 26.0 Å². The molecule has 0 spiro atoms. The standard InChI is InChI=1S/C16H20N2O2S2/c1-12(2)16-17-15(11-21-16)13-3-5-14(6-4-13)22(19)18-7-9-20-10-8-18/h3-6,11-12H,7-10H2,1-2H3. The molecule has 1 aromatic heterocycles. The summed E-state index contributed by atoms with van der Waals surface area (Å²) in [5, 5.41) is 3.24. The van der Waals surface area contributed by atoms with E-state index >= 15 is 0 Å². The molecule has 1 atom stereocenters. The molecule has 1 unspecified atom stereocenters. The first-order valence-electron chi connectivity index (χ1n) is 7.45. The van der Waals surface area contributed by atoms with E-state index < -0.39 is 11.0 Å². The second kappa shape index (κ2) is 7.00. The smallest absolute Gasteiger partial charge is 0.127 e. The third-order valence-electron chi connectivity index (χ3n) is 3.57. The highest BCUT2D eigenvalue weighted by molar-refractivity contribution is 7.82. The van der Waals surface area contributed by atoms with Crippen LogP contribution >= 0.6 is 11.3 Å². The van der Waals surface area contributed by atoms with Crippen molar-refractivity contribution in [2.45, 2.75) is 24.7 Å². The van der Waals surface area contributed by atoms with Gasteiger partial charge in [-0.2, -0.15) is 0 Å². The first-order valence-corrected chi connectivity index (χ1v) is 9.44. The predicted octanol–water partition coefficient (Wildman–Crippen LogP) is 3.29. The van der Waals surface area contributed by atoms with Gasteiger partial charge < -0.3 is 4.74 Å². The highest BCUT2D eigenvalue weighted by Gasteiger charge is 2.18. The van der Waals surface area contributed by atoms with Gasteiger partial charge in [0.2, 0.25) is 0 Å². The van der Waals surface area contributed by atoms with Crippen LogP contribution in [0.2, 0.25) is 0 Å². The van der Waals surface area contributed by atoms with Crippen molar-refractivity contribution in [2.75, 3.05) is 26.3 Å². The van der Waals surface area contributed by atoms with E-state index in [1.54, 1.807) is 11.3 Å². The lowest BCUT2D eigenvalue weighted by molar-refractivity contribution is 0.0752. The molecular weight excluding hydrogens is 316 g/mol. The van der Waals surface area contributed by atoms with Crippen LogP contribution in [-0.2, 0) is 15.7 Å². The molecule has 1 fully saturated rings. The van der Waals surface area contributed by atoms with Gasteiger partial charge in [0.15, 0.2) is 0 Å². The fourth-order valence-corrected chi connectivity index (χ4v) is 4.28. The van der Waals surface area contributed by atoms with E-state index in [4.69, 9.17) is 4.74 Å². The Kier molecular flexibility index (Phi) is 5.03. The average Bonchev–Trinajstić information content (AvgIpc) is 3.05. The van der Waals surface area contributed by atoms with Crippen molar-refractivity contribution in [2.24, 2.45) is 0 Å². The van der Waals surface area contributed by atoms with Crippen LogP contribution in [0.4, 0.5) is 0 Å². The second-order valence-electron chi connectivity index (χ2n) is 5.54. The van der Waals surface area contributed by atoms with Crippen molar-refractivity contribution >= 4 is 22.3 Å². The van der Waals surface area contributed by atoms with Crippen molar-refractivity contribution in [1.29, 1.82) is 0 Å². The van der Waals surface area contributed by atoms with Crippen molar-refractivity contribution in [3.05, 3.63) is 34.7 Å². The summed E-state index contributed by atoms with van der Waals surface area (Å²) in [6.45, 7) is 7.05. The van der Waals surface area contributed by atoms with E-state index in [0.717, 1.165) is 34.2 Å². The maximum Gasteiger partial charge on any atom is 0.127 e. The molecule has 3 rings (SSSR count). The molecule has 0 saturated carbocycles. The van der Waals surface area contributed by atoms with Crippen molar-refractivity contribution in [1.82, 2.24) is 9.29 Å². The zero-order valence-corrected chi connectivity index (χ0v) is 14.5. The average molecular weight is 336 g/mol. The van der Waals surface area contributed by atoms with E-state index in [9.17, 15) is 4.21 Å². The van der Waals surface area contributed by atoms with Gasteiger partial charge in [-0.25, -0.2) is 13.5 Å². The van der Waals surface area contributed by atoms with Crippen molar-refractivity contribution in [3.63, 3.8) is 0 Å². The Morgan fingerprint density at radius 3 is 2.50 bits per heavy atom. The van der Waals surface area contributed by atoms with Crippen molar-refractivity contribution < 1.29 is 8.95 Å². The lowest BCUT2D eigenvalue weighted by Gasteiger charge is -2.25. The van der Waals surface area contributed by atoms with E-state index in [0.29, 0.717) is 19.1 Å². The molecule has 22 heavy (non-hydrogen) atoms. The number of morpholine rings is 1. The molecule has 2 heterocycles. The highest BCUT2D eigenvalue weighted by Crippen LogP contribution is 2.27. The van der Waals surface area contributed by atoms with Crippen LogP contribution in [0.5, 0.6) is 0 Å². The zero-order chi connectivity index (χ0) is 15.5. The van der Waals surface area contributed by atoms with Crippen LogP contribution in [0.1, 0.15) is 24.8 Å². The van der Waals surface area contributed by atoms with Crippen LogP contribution < -0.4 is 0 Å². The first kappa shape index (κ1) is 15.8. The van der Waals surface area contributed by atoms with E-state index in [2.05, 4.69) is 24.2 Å². The van der Waals surface area contributed by atoms with E-state index in [1.165, 1.54) is 0 Å². The molecule has 1 aliphatic heterocycles. The number of hydrogen-bond acceptors (Lipinski definition) is 4. The fourth-order valence-electron chi connectivity index (χ4n) is 2.29. The minimum Gasteiger partial charge on any atom is -0.379 e. The maximum atomic E-state index is 12.5. The first-order chi connectivity index (χ1) is 10.6. The number of nitrogens with zero attached hydrogens (tertiary/aromatic N) is 2. The van der Waals surface area contributed by atoms with Crippen LogP contribution in [0.3, 0.4) is 0 Å². The van der Waals surface area contributed by atoms with E-state index in [1.807, 2.05) is 28.6 Å². The minimum absolute atomic E-state index is 0.451. The monoisotopic (exact) mass is 336 g/mol. The number of hydrogen-bond donors (Lipinski definition) is 0. The Hall–Kier alpha value is -1.08. The SMILES string of the molecule is CC(C)c1nc(-c2ccc(S(=O)N3CCOCC3)cc2)cs1. The third kappa shape index (κ3) is 3.46. The van der Waals surface area contributed by atoms with Crippen LogP contribution in [-0.4, -0.2) is 39.8 Å². The molecule has 2 aromatic rings. The van der Waals surface area contributed by atoms with Crippen molar-refractivity contribution in [3.8, 4) is 11.3 Å². The predicted molar refractivity (Wildman–Crippen MR) is 90.4 cm³/mol. The number of benzene rings is 1. The van der Waals surface area contributed by atoms with Gasteiger partial charge in [0.05, 0.1) is 28.8 Å². The number of rotatable bonds is 4. The van der Waals surface area contributed by atoms with Gasteiger partial charge in [-0.15, -0.1) is 11.3 Å². The Balaban J connectivity index is 1.75. The summed E-state index contributed by atoms with van der Waals surface area (Å²) in [4.78, 5) is 5.50. The van der Waals surface area contributed by atoms with Gasteiger partial charge in [0.25, 0.3) is 0 Å². The molecule has 0 amide bonds. The Labute approximate surface area is 137 Å². The molecule has 1 saturated heterocycles. The number of aromatic nitrogens is 1. The molecule has 118 valence electrons. The van der Waals surface area contributed by atoms with Gasteiger partial charge in [-0.05, 0) is 12.1 Å². The van der Waals surface area contributed by atoms with Gasteiger partial charge >= 0.3 is 0 Å². The molecule has 0 radical (unpaired) electrons. The largest absolute Gasteiger partial charge is 0.379 e. The highest BCUT2D eigenvalue weighted by atomic mass is 32.2. The summed E-state index contributed by atoms with van der Waals surface area (Å²) in [5.41, 5.74) is 2.07. The van der Waals surface area contributed by atoms with E-state index in [-0.39, 0.29) is 0 Å². The Morgan fingerprint density at radius 1 is 1.23 bits per heavy atom. The van der Waals surface area contributed by atoms with Gasteiger partial charge in [0, 0.05) is 30.0 Å². The summed E-state index contributed by atoms with van der Waals surface area (Å²) >= 11 is 1.69. The lowest BCUT2D eigenvalue weighted by Crippen LogP contribution is -2.37. The topological polar surface area (TPSA) is 42.4 Å². The Morgan fingerprint density at radius 2 is 1.91 bits per heavy atom. The molecule has 0 aliphatic carbocycles. The molecule has 0 N–H and O–H groups in total. The van der Waals surface area contributed by atoms with Gasteiger partial charge in [0.1, 0.15) is 11.0 Å². The summed E-state index contributed by atoms with van der Waals surface area (Å²) in [6, 6.07) is 7.89. The normalized spacial score (nSPS) is 17.8. The second-order valence-corrected chi connectivity index (χ2v) is 7.92. The minimum atomic E-state index is -1.10. The quantitative estimate of drug-likeness (QED) is 0.860. The lowest BCUT2D eigenvalue weighted by atomic mass is 10.2. The summed E-state index contributed by atoms with van der Waals surface area (Å²) in [7, 11) is -1.10. The summed E-state index contributed by atoms with van der Waals surface area (Å²) in [5.74, 6) is 0.451. The van der Waals surface area contributed by atoms with Crippen LogP contribution in [0, 0.1) is 0 Å². The fraction of sp³-hybridized carbons (Fsp3) is 0.438. The molecule has 6 heteroatoms. The zero-order valence-electron chi connectivity index (χ0n) is 12.8. The summed E-state index contributed by atoms with van der Waals surface area (Å²) in [6.07, 6.45) is 0. The molecular formula is C16H20N2O2S2. The van der Waals surface area contributed by atoms with Crippen LogP contribution in [0.15, 0.2) is 34.5 Å². The van der Waals surface area contributed by atoms with Gasteiger partial charge in [-0.3, -0.25) is 0 Å². The number of thiazole rings is 1. The molecule has 1 aliphatic rings. The maximum absolute atomic E-state index is 12.5.